The minimum absolute atomic E-state index is 0.00642. The third-order valence-electron chi connectivity index (χ3n) is 6.43. The number of carbonyl (C=O) groups excluding carboxylic acids is 2. The van der Waals surface area contributed by atoms with E-state index in [4.69, 9.17) is 14.2 Å². The molecule has 8 nitrogen and oxygen atoms in total. The van der Waals surface area contributed by atoms with Crippen LogP contribution in [0.4, 0.5) is 4.79 Å². The lowest BCUT2D eigenvalue weighted by molar-refractivity contribution is 0.0891. The zero-order valence-electron chi connectivity index (χ0n) is 24.0. The van der Waals surface area contributed by atoms with E-state index in [1.165, 1.54) is 0 Å². The Morgan fingerprint density at radius 2 is 1.50 bits per heavy atom. The van der Waals surface area contributed by atoms with Crippen LogP contribution in [0.15, 0.2) is 72.9 Å². The molecule has 0 atom stereocenters. The van der Waals surface area contributed by atoms with Gasteiger partial charge in [0.05, 0.1) is 0 Å². The third kappa shape index (κ3) is 8.73. The molecule has 0 saturated carbocycles. The van der Waals surface area contributed by atoms with E-state index in [1.807, 2.05) is 50.2 Å². The summed E-state index contributed by atoms with van der Waals surface area (Å²) in [5, 5.41) is 3.10. The predicted octanol–water partition coefficient (Wildman–Crippen LogP) is 6.86. The number of pyridine rings is 1. The fourth-order valence-corrected chi connectivity index (χ4v) is 5.05. The monoisotopic (exact) mass is 545 g/mol. The molecular formula is C32H39N3O5. The smallest absolute Gasteiger partial charge is 0.415 e. The molecule has 3 aromatic rings. The number of rotatable bonds is 8. The Morgan fingerprint density at radius 3 is 2.10 bits per heavy atom. The number of nitrogens with zero attached hydrogens (tertiary/aromatic N) is 2. The second-order valence-electron chi connectivity index (χ2n) is 12.0. The molecule has 0 unspecified atom stereocenters. The molecule has 1 aromatic heterocycles. The molecule has 4 rings (SSSR count). The van der Waals surface area contributed by atoms with Crippen molar-refractivity contribution in [1.29, 1.82) is 0 Å². The maximum atomic E-state index is 12.7. The number of hydrogen-bond acceptors (Lipinski definition) is 6. The summed E-state index contributed by atoms with van der Waals surface area (Å²) in [7, 11) is 0. The fraction of sp³-hybridized carbons (Fsp3) is 0.406. The first-order chi connectivity index (χ1) is 19.0. The lowest BCUT2D eigenvalue weighted by Crippen LogP contribution is -2.45. The van der Waals surface area contributed by atoms with Crippen molar-refractivity contribution in [1.82, 2.24) is 15.2 Å². The van der Waals surface area contributed by atoms with Gasteiger partial charge >= 0.3 is 6.09 Å². The Labute approximate surface area is 236 Å². The molecule has 0 bridgehead atoms. The number of likely N-dealkylation sites (tertiary alicyclic amines) is 1. The maximum absolute atomic E-state index is 12.7. The molecule has 0 aliphatic carbocycles. The standard InChI is InChI=1S/C32H39N3O5/c1-31(2,3)22-32(4,5)34-29(36)23-9-11-26(12-10-23)40-30(37)35-20-17-27(18-21-35)38-24-13-15-25(16-14-24)39-28-8-6-7-19-33-28/h6-16,19,27H,17-18,20-22H2,1-5H3,(H,34,36). The van der Waals surface area contributed by atoms with Gasteiger partial charge in [0, 0.05) is 49.3 Å². The summed E-state index contributed by atoms with van der Waals surface area (Å²) in [6.45, 7) is 11.6. The average Bonchev–Trinajstić information content (AvgIpc) is 2.89. The van der Waals surface area contributed by atoms with E-state index in [9.17, 15) is 9.59 Å². The van der Waals surface area contributed by atoms with E-state index in [0.29, 0.717) is 48.9 Å². The minimum Gasteiger partial charge on any atom is -0.490 e. The molecule has 1 aliphatic heterocycles. The van der Waals surface area contributed by atoms with Crippen molar-refractivity contribution >= 4 is 12.0 Å². The van der Waals surface area contributed by atoms with Crippen LogP contribution in [-0.2, 0) is 0 Å². The third-order valence-corrected chi connectivity index (χ3v) is 6.43. The second kappa shape index (κ2) is 12.4. The quantitative estimate of drug-likeness (QED) is 0.333. The molecule has 0 spiro atoms. The van der Waals surface area contributed by atoms with Gasteiger partial charge in [0.2, 0.25) is 5.88 Å². The maximum Gasteiger partial charge on any atom is 0.415 e. The number of aromatic nitrogens is 1. The summed E-state index contributed by atoms with van der Waals surface area (Å²) in [6.07, 6.45) is 3.53. The number of carbonyl (C=O) groups is 2. The van der Waals surface area contributed by atoms with Crippen LogP contribution in [0, 0.1) is 5.41 Å². The van der Waals surface area contributed by atoms with E-state index in [-0.39, 0.29) is 23.0 Å². The van der Waals surface area contributed by atoms with Gasteiger partial charge < -0.3 is 24.4 Å². The molecule has 1 saturated heterocycles. The molecule has 2 amide bonds. The van der Waals surface area contributed by atoms with Crippen molar-refractivity contribution in [3.63, 3.8) is 0 Å². The lowest BCUT2D eigenvalue weighted by atomic mass is 9.81. The Kier molecular flexibility index (Phi) is 8.97. The molecule has 1 aliphatic rings. The van der Waals surface area contributed by atoms with Gasteiger partial charge in [0.25, 0.3) is 5.91 Å². The van der Waals surface area contributed by atoms with Crippen LogP contribution < -0.4 is 19.5 Å². The SMILES string of the molecule is CC(C)(C)CC(C)(C)NC(=O)c1ccc(OC(=O)N2CCC(Oc3ccc(Oc4ccccn4)cc3)CC2)cc1. The largest absolute Gasteiger partial charge is 0.490 e. The molecular weight excluding hydrogens is 506 g/mol. The fourth-order valence-electron chi connectivity index (χ4n) is 5.05. The van der Waals surface area contributed by atoms with Gasteiger partial charge in [-0.05, 0) is 80.3 Å². The number of ether oxygens (including phenoxy) is 3. The van der Waals surface area contributed by atoms with Crippen molar-refractivity contribution < 1.29 is 23.8 Å². The number of nitrogens with one attached hydrogen (secondary N) is 1. The molecule has 40 heavy (non-hydrogen) atoms. The highest BCUT2D eigenvalue weighted by Gasteiger charge is 2.28. The van der Waals surface area contributed by atoms with E-state index in [2.05, 4.69) is 31.1 Å². The van der Waals surface area contributed by atoms with Gasteiger partial charge in [0.15, 0.2) is 0 Å². The predicted molar refractivity (Wildman–Crippen MR) is 154 cm³/mol. The van der Waals surface area contributed by atoms with Crippen LogP contribution in [0.1, 0.15) is 64.2 Å². The van der Waals surface area contributed by atoms with Crippen LogP contribution in [-0.4, -0.2) is 46.6 Å². The molecule has 212 valence electrons. The van der Waals surface area contributed by atoms with Crippen LogP contribution in [0.3, 0.4) is 0 Å². The number of piperidine rings is 1. The summed E-state index contributed by atoms with van der Waals surface area (Å²) >= 11 is 0. The van der Waals surface area contributed by atoms with Crippen molar-refractivity contribution in [3.8, 4) is 23.1 Å². The zero-order valence-corrected chi connectivity index (χ0v) is 24.0. The molecule has 1 fully saturated rings. The lowest BCUT2D eigenvalue weighted by Gasteiger charge is -2.33. The number of benzene rings is 2. The van der Waals surface area contributed by atoms with Crippen LogP contribution in [0.5, 0.6) is 23.1 Å². The highest BCUT2D eigenvalue weighted by Crippen LogP contribution is 2.28. The number of hydrogen-bond donors (Lipinski definition) is 1. The van der Waals surface area contributed by atoms with Crippen LogP contribution in [0.25, 0.3) is 0 Å². The highest BCUT2D eigenvalue weighted by molar-refractivity contribution is 5.94. The average molecular weight is 546 g/mol. The summed E-state index contributed by atoms with van der Waals surface area (Å²) in [4.78, 5) is 31.3. The first-order valence-electron chi connectivity index (χ1n) is 13.7. The zero-order chi connectivity index (χ0) is 28.8. The molecule has 2 heterocycles. The first-order valence-corrected chi connectivity index (χ1v) is 13.7. The Balaban J connectivity index is 1.21. The second-order valence-corrected chi connectivity index (χ2v) is 12.0. The van der Waals surface area contributed by atoms with Crippen molar-refractivity contribution in [2.75, 3.05) is 13.1 Å². The normalized spacial score (nSPS) is 14.4. The Hall–Kier alpha value is -4.07. The summed E-state index contributed by atoms with van der Waals surface area (Å²) in [5.74, 6) is 2.22. The molecule has 0 radical (unpaired) electrons. The van der Waals surface area contributed by atoms with Crippen molar-refractivity contribution in [2.24, 2.45) is 5.41 Å². The number of amides is 2. The Morgan fingerprint density at radius 1 is 0.875 bits per heavy atom. The molecule has 1 N–H and O–H groups in total. The van der Waals surface area contributed by atoms with Gasteiger partial charge in [-0.1, -0.05) is 26.8 Å². The topological polar surface area (TPSA) is 90.0 Å². The van der Waals surface area contributed by atoms with Crippen molar-refractivity contribution in [3.05, 3.63) is 78.5 Å². The first kappa shape index (κ1) is 28.9. The van der Waals surface area contributed by atoms with Gasteiger partial charge in [-0.2, -0.15) is 0 Å². The molecule has 8 heteroatoms. The van der Waals surface area contributed by atoms with Gasteiger partial charge in [-0.3, -0.25) is 4.79 Å². The van der Waals surface area contributed by atoms with E-state index in [1.54, 1.807) is 41.4 Å². The molecule has 2 aromatic carbocycles. The van der Waals surface area contributed by atoms with E-state index < -0.39 is 6.09 Å². The Bertz CT molecular complexity index is 1260. The van der Waals surface area contributed by atoms with Gasteiger partial charge in [-0.15, -0.1) is 0 Å². The van der Waals surface area contributed by atoms with E-state index in [0.717, 1.165) is 12.2 Å². The van der Waals surface area contributed by atoms with Gasteiger partial charge in [-0.25, -0.2) is 9.78 Å². The van der Waals surface area contributed by atoms with Crippen molar-refractivity contribution in [2.45, 2.75) is 65.5 Å². The minimum atomic E-state index is -0.405. The van der Waals surface area contributed by atoms with Crippen LogP contribution in [0.2, 0.25) is 0 Å². The summed E-state index contributed by atoms with van der Waals surface area (Å²) < 4.78 is 17.4. The summed E-state index contributed by atoms with van der Waals surface area (Å²) in [6, 6.07) is 19.6. The highest BCUT2D eigenvalue weighted by atomic mass is 16.6. The van der Waals surface area contributed by atoms with Crippen LogP contribution >= 0.6 is 0 Å². The van der Waals surface area contributed by atoms with Gasteiger partial charge in [0.1, 0.15) is 23.4 Å². The van der Waals surface area contributed by atoms with E-state index >= 15 is 0 Å². The summed E-state index contributed by atoms with van der Waals surface area (Å²) in [5.41, 5.74) is 0.280.